The monoisotopic (exact) mass is 652 g/mol. The highest BCUT2D eigenvalue weighted by Crippen LogP contribution is 2.59. The molecule has 0 saturated carbocycles. The molecule has 0 aromatic rings. The van der Waals surface area contributed by atoms with Crippen LogP contribution < -0.4 is 0 Å². The van der Waals surface area contributed by atoms with Gasteiger partial charge in [-0.3, -0.25) is 0 Å². The number of hydrogen-bond donors (Lipinski definition) is 1. The van der Waals surface area contributed by atoms with Gasteiger partial charge in [-0.2, -0.15) is 79.0 Å². The van der Waals surface area contributed by atoms with E-state index in [0.29, 0.717) is 0 Å². The van der Waals surface area contributed by atoms with Crippen LogP contribution in [0.1, 0.15) is 13.3 Å². The largest absolute Gasteiger partial charge is 0.460 e. The Balaban J connectivity index is 7.56. The second kappa shape index (κ2) is 9.61. The van der Waals surface area contributed by atoms with Gasteiger partial charge in [0.2, 0.25) is 19.7 Å². The number of sulfone groups is 2. The molecule has 0 spiro atoms. The molecule has 0 aliphatic carbocycles. The predicted molar refractivity (Wildman–Crippen MR) is 84.3 cm³/mol. The van der Waals surface area contributed by atoms with Gasteiger partial charge in [-0.05, 0) is 12.3 Å². The van der Waals surface area contributed by atoms with Crippen LogP contribution in [-0.2, 0) is 19.7 Å². The fourth-order valence-corrected chi connectivity index (χ4v) is 7.09. The van der Waals surface area contributed by atoms with Gasteiger partial charge >= 0.3 is 46.6 Å². The van der Waals surface area contributed by atoms with Crippen molar-refractivity contribution in [2.45, 2.75) is 64.5 Å². The first-order valence-electron chi connectivity index (χ1n) is 8.57. The molecule has 25 heteroatoms. The lowest BCUT2D eigenvalue weighted by atomic mass is 10.1. The molecule has 0 amide bonds. The van der Waals surface area contributed by atoms with Gasteiger partial charge in [-0.25, -0.2) is 16.8 Å². The van der Waals surface area contributed by atoms with Crippen molar-refractivity contribution < 1.29 is 101 Å². The van der Waals surface area contributed by atoms with E-state index in [-0.39, 0.29) is 6.92 Å². The molecule has 38 heavy (non-hydrogen) atoms. The maximum absolute atomic E-state index is 14.0. The van der Waals surface area contributed by atoms with Crippen LogP contribution in [0, 0.1) is 5.92 Å². The summed E-state index contributed by atoms with van der Waals surface area (Å²) in [4.78, 5) is 0. The molecule has 0 aromatic carbocycles. The van der Waals surface area contributed by atoms with Crippen molar-refractivity contribution >= 4 is 19.7 Å². The summed E-state index contributed by atoms with van der Waals surface area (Å²) in [7, 11) is -17.4. The Kier molecular flexibility index (Phi) is 9.25. The van der Waals surface area contributed by atoms with E-state index in [9.17, 15) is 95.9 Å². The minimum atomic E-state index is -8.69. The molecule has 0 radical (unpaired) electrons. The second-order valence-electron chi connectivity index (χ2n) is 7.37. The van der Waals surface area contributed by atoms with Crippen molar-refractivity contribution in [1.29, 1.82) is 0 Å². The van der Waals surface area contributed by atoms with Gasteiger partial charge < -0.3 is 5.11 Å². The van der Waals surface area contributed by atoms with E-state index in [0.717, 1.165) is 0 Å². The Morgan fingerprint density at radius 3 is 0.947 bits per heavy atom. The molecule has 0 aliphatic heterocycles. The van der Waals surface area contributed by atoms with Gasteiger partial charge in [0, 0.05) is 6.61 Å². The standard InChI is InChI=1S/C13H10F18O5S2/c1-4(3-32)2-5(37(33,34)12(28,29)8(18,19)6(14,15)10(22,23)24)38(35,36)13(30,31)9(20,21)7(16,17)11(25,26)27/h4-5,32H,2-3H2,1H3. The van der Waals surface area contributed by atoms with Crippen LogP contribution in [0.4, 0.5) is 79.0 Å². The normalized spacial score (nSPS) is 17.2. The third-order valence-corrected chi connectivity index (χ3v) is 9.78. The van der Waals surface area contributed by atoms with Crippen molar-refractivity contribution in [2.75, 3.05) is 6.61 Å². The molecule has 0 aliphatic rings. The zero-order valence-corrected chi connectivity index (χ0v) is 18.9. The van der Waals surface area contributed by atoms with Crippen molar-refractivity contribution in [2.24, 2.45) is 5.92 Å². The van der Waals surface area contributed by atoms with E-state index < -0.39 is 89.8 Å². The quantitative estimate of drug-likeness (QED) is 0.317. The van der Waals surface area contributed by atoms with Gasteiger partial charge in [-0.1, -0.05) is 6.92 Å². The Labute approximate surface area is 198 Å². The molecule has 0 heterocycles. The van der Waals surface area contributed by atoms with Crippen molar-refractivity contribution in [1.82, 2.24) is 0 Å². The van der Waals surface area contributed by atoms with Gasteiger partial charge in [0.25, 0.3) is 0 Å². The molecular weight excluding hydrogens is 642 g/mol. The SMILES string of the molecule is CC(CO)CC(S(=O)(=O)C(F)(F)C(F)(F)C(F)(F)C(F)(F)F)S(=O)(=O)C(F)(F)C(F)(F)C(F)(F)C(F)(F)F. The van der Waals surface area contributed by atoms with Crippen LogP contribution in [0.15, 0.2) is 0 Å². The van der Waals surface area contributed by atoms with Crippen LogP contribution >= 0.6 is 0 Å². The summed E-state index contributed by atoms with van der Waals surface area (Å²) >= 11 is 0. The minimum Gasteiger partial charge on any atom is -0.396 e. The molecule has 0 saturated heterocycles. The predicted octanol–water partition coefficient (Wildman–Crippen LogP) is 5.01. The van der Waals surface area contributed by atoms with E-state index in [2.05, 4.69) is 0 Å². The summed E-state index contributed by atoms with van der Waals surface area (Å²) < 4.78 is 278. The lowest BCUT2D eigenvalue weighted by Crippen LogP contribution is -2.68. The molecule has 230 valence electrons. The summed E-state index contributed by atoms with van der Waals surface area (Å²) in [6, 6.07) is 0. The smallest absolute Gasteiger partial charge is 0.396 e. The van der Waals surface area contributed by atoms with Crippen molar-refractivity contribution in [3.05, 3.63) is 0 Å². The van der Waals surface area contributed by atoms with Crippen LogP contribution in [0.3, 0.4) is 0 Å². The highest BCUT2D eigenvalue weighted by molar-refractivity contribution is 8.10. The third kappa shape index (κ3) is 4.98. The lowest BCUT2D eigenvalue weighted by Gasteiger charge is -2.37. The highest BCUT2D eigenvalue weighted by Gasteiger charge is 2.89. The molecular formula is C13H10F18O5S2. The Morgan fingerprint density at radius 2 is 0.763 bits per heavy atom. The number of aliphatic hydroxyl groups excluding tert-OH is 1. The van der Waals surface area contributed by atoms with Gasteiger partial charge in [0.05, 0.1) is 0 Å². The lowest BCUT2D eigenvalue weighted by molar-refractivity contribution is -0.382. The van der Waals surface area contributed by atoms with E-state index in [4.69, 9.17) is 5.11 Å². The van der Waals surface area contributed by atoms with Crippen LogP contribution in [0.25, 0.3) is 0 Å². The minimum absolute atomic E-state index is 0.194. The molecule has 1 unspecified atom stereocenters. The van der Waals surface area contributed by atoms with Crippen molar-refractivity contribution in [3.63, 3.8) is 0 Å². The zero-order chi connectivity index (χ0) is 31.6. The number of hydrogen-bond acceptors (Lipinski definition) is 5. The van der Waals surface area contributed by atoms with Crippen LogP contribution in [0.5, 0.6) is 0 Å². The fraction of sp³-hybridized carbons (Fsp3) is 1.00. The Morgan fingerprint density at radius 1 is 0.526 bits per heavy atom. The summed E-state index contributed by atoms with van der Waals surface area (Å²) in [6.07, 6.45) is -18.4. The van der Waals surface area contributed by atoms with Crippen LogP contribution in [-0.4, -0.2) is 79.7 Å². The molecule has 1 N–H and O–H groups in total. The van der Waals surface area contributed by atoms with Gasteiger partial charge in [0.1, 0.15) is 0 Å². The first-order valence-corrected chi connectivity index (χ1v) is 11.7. The van der Waals surface area contributed by atoms with E-state index >= 15 is 0 Å². The average molecular weight is 652 g/mol. The zero-order valence-electron chi connectivity index (χ0n) is 17.3. The number of halogens is 18. The number of aliphatic hydroxyl groups is 1. The second-order valence-corrected chi connectivity index (χ2v) is 12.0. The first kappa shape index (κ1) is 36.6. The molecule has 0 bridgehead atoms. The molecule has 0 rings (SSSR count). The fourth-order valence-electron chi connectivity index (χ4n) is 2.23. The van der Waals surface area contributed by atoms with E-state index in [1.807, 2.05) is 0 Å². The maximum Gasteiger partial charge on any atom is 0.460 e. The summed E-state index contributed by atoms with van der Waals surface area (Å²) in [6.45, 7) is -1.61. The number of alkyl halides is 18. The topological polar surface area (TPSA) is 88.5 Å². The maximum atomic E-state index is 14.0. The van der Waals surface area contributed by atoms with Crippen LogP contribution in [0.2, 0.25) is 0 Å². The van der Waals surface area contributed by atoms with E-state index in [1.165, 1.54) is 0 Å². The third-order valence-electron chi connectivity index (χ3n) is 4.55. The number of rotatable bonds is 11. The molecule has 0 fully saturated rings. The average Bonchev–Trinajstić information content (AvgIpc) is 2.68. The van der Waals surface area contributed by atoms with Crippen molar-refractivity contribution in [3.8, 4) is 0 Å². The summed E-state index contributed by atoms with van der Waals surface area (Å²) in [5.41, 5.74) is 0. The highest BCUT2D eigenvalue weighted by atomic mass is 32.3. The summed E-state index contributed by atoms with van der Waals surface area (Å²) in [5, 5.41) is -7.64. The molecule has 1 atom stereocenters. The Hall–Kier alpha value is -1.40. The molecule has 5 nitrogen and oxygen atoms in total. The van der Waals surface area contributed by atoms with E-state index in [1.54, 1.807) is 0 Å². The van der Waals surface area contributed by atoms with Gasteiger partial charge in [-0.15, -0.1) is 0 Å². The summed E-state index contributed by atoms with van der Waals surface area (Å²) in [5.74, 6) is -35.5. The molecule has 0 aromatic heterocycles. The first-order chi connectivity index (χ1) is 16.1. The van der Waals surface area contributed by atoms with Gasteiger partial charge in [0.15, 0.2) is 4.58 Å². The Bertz CT molecular complexity index is 993.